The maximum Gasteiger partial charge on any atom is 0.325 e. The van der Waals surface area contributed by atoms with Crippen LogP contribution in [0.2, 0.25) is 0 Å². The van der Waals surface area contributed by atoms with Crippen molar-refractivity contribution < 1.29 is 14.3 Å². The normalized spacial score (nSPS) is 15.3. The van der Waals surface area contributed by atoms with Crippen LogP contribution < -0.4 is 4.90 Å². The number of ether oxygens (including phenoxy) is 1. The van der Waals surface area contributed by atoms with Gasteiger partial charge in [0.1, 0.15) is 12.2 Å². The number of carbonyl (C=O) groups is 2. The molecule has 0 bridgehead atoms. The summed E-state index contributed by atoms with van der Waals surface area (Å²) in [6.45, 7) is 4.04. The third-order valence-electron chi connectivity index (χ3n) is 4.94. The van der Waals surface area contributed by atoms with Gasteiger partial charge in [0.15, 0.2) is 5.11 Å². The van der Waals surface area contributed by atoms with E-state index in [1.165, 1.54) is 28.0 Å². The quantitative estimate of drug-likeness (QED) is 0.411. The lowest BCUT2D eigenvalue weighted by atomic mass is 10.1. The van der Waals surface area contributed by atoms with Crippen molar-refractivity contribution >= 4 is 41.0 Å². The molecule has 1 aliphatic heterocycles. The monoisotopic (exact) mass is 408 g/mol. The lowest BCUT2D eigenvalue weighted by Crippen LogP contribution is -2.35. The summed E-state index contributed by atoms with van der Waals surface area (Å²) in [6.07, 6.45) is 3.61. The Hall–Kier alpha value is -2.99. The van der Waals surface area contributed by atoms with Gasteiger partial charge in [0.2, 0.25) is 0 Å². The summed E-state index contributed by atoms with van der Waals surface area (Å²) in [4.78, 5) is 28.2. The van der Waals surface area contributed by atoms with Gasteiger partial charge >= 0.3 is 5.97 Å². The number of rotatable bonds is 6. The first kappa shape index (κ1) is 20.7. The fourth-order valence-corrected chi connectivity index (χ4v) is 3.49. The molecule has 0 saturated carbocycles. The van der Waals surface area contributed by atoms with Crippen LogP contribution in [-0.4, -0.2) is 35.5 Å². The van der Waals surface area contributed by atoms with Crippen LogP contribution in [0.4, 0.5) is 5.69 Å². The number of nitrogens with zero attached hydrogens (tertiary/aromatic N) is 2. The lowest BCUT2D eigenvalue weighted by molar-refractivity contribution is -0.140. The molecule has 0 radical (unpaired) electrons. The molecule has 1 amide bonds. The van der Waals surface area contributed by atoms with E-state index in [1.54, 1.807) is 6.08 Å². The molecular formula is C23H24N2O3S. The van der Waals surface area contributed by atoms with E-state index >= 15 is 0 Å². The Labute approximate surface area is 176 Å². The van der Waals surface area contributed by atoms with Crippen LogP contribution in [0.25, 0.3) is 6.08 Å². The highest BCUT2D eigenvalue weighted by atomic mass is 32.1. The summed E-state index contributed by atoms with van der Waals surface area (Å²) < 4.78 is 4.80. The fourth-order valence-electron chi connectivity index (χ4n) is 3.14. The molecule has 1 heterocycles. The standard InChI is InChI=1S/C23H24N2O3S/c1-4-16-6-8-18(9-7-16)14-20-22(27)25(19-12-10-17(5-2)11-13-19)23(29)24(20)15-21(26)28-3/h6-14H,4-5,15H2,1-3H3/b20-14-. The smallest absolute Gasteiger partial charge is 0.325 e. The summed E-state index contributed by atoms with van der Waals surface area (Å²) in [5.41, 5.74) is 4.28. The van der Waals surface area contributed by atoms with Crippen LogP contribution in [-0.2, 0) is 27.2 Å². The molecule has 0 atom stereocenters. The maximum absolute atomic E-state index is 13.3. The van der Waals surface area contributed by atoms with Gasteiger partial charge in [-0.05, 0) is 60.0 Å². The molecular weight excluding hydrogens is 384 g/mol. The lowest BCUT2D eigenvalue weighted by Gasteiger charge is -2.19. The fraction of sp³-hybridized carbons (Fsp3) is 0.261. The van der Waals surface area contributed by atoms with Gasteiger partial charge in [0.05, 0.1) is 12.8 Å². The first-order valence-electron chi connectivity index (χ1n) is 9.60. The Morgan fingerprint density at radius 2 is 1.55 bits per heavy atom. The third-order valence-corrected chi connectivity index (χ3v) is 5.35. The van der Waals surface area contributed by atoms with Crippen LogP contribution in [0.5, 0.6) is 0 Å². The van der Waals surface area contributed by atoms with Gasteiger partial charge in [0.25, 0.3) is 5.91 Å². The molecule has 0 unspecified atom stereocenters. The number of esters is 1. The van der Waals surface area contributed by atoms with Crippen LogP contribution in [0.1, 0.15) is 30.5 Å². The Kier molecular flexibility index (Phi) is 6.44. The molecule has 1 saturated heterocycles. The van der Waals surface area contributed by atoms with Gasteiger partial charge in [-0.1, -0.05) is 50.2 Å². The van der Waals surface area contributed by atoms with E-state index in [2.05, 4.69) is 13.8 Å². The zero-order valence-electron chi connectivity index (χ0n) is 16.8. The minimum absolute atomic E-state index is 0.122. The number of anilines is 1. The largest absolute Gasteiger partial charge is 0.468 e. The highest BCUT2D eigenvalue weighted by Gasteiger charge is 2.40. The molecule has 5 nitrogen and oxygen atoms in total. The number of methoxy groups -OCH3 is 1. The molecule has 2 aromatic carbocycles. The Morgan fingerprint density at radius 3 is 2.07 bits per heavy atom. The van der Waals surface area contributed by atoms with E-state index in [1.807, 2.05) is 48.5 Å². The van der Waals surface area contributed by atoms with Crippen LogP contribution in [0, 0.1) is 0 Å². The van der Waals surface area contributed by atoms with E-state index in [4.69, 9.17) is 17.0 Å². The van der Waals surface area contributed by atoms with Crippen LogP contribution >= 0.6 is 12.2 Å². The van der Waals surface area contributed by atoms with Crippen molar-refractivity contribution in [2.24, 2.45) is 0 Å². The number of thiocarbonyl (C=S) groups is 1. The summed E-state index contributed by atoms with van der Waals surface area (Å²) in [5, 5.41) is 0.265. The Balaban J connectivity index is 2.00. The zero-order valence-corrected chi connectivity index (χ0v) is 17.7. The van der Waals surface area contributed by atoms with Crippen molar-refractivity contribution in [3.8, 4) is 0 Å². The number of aryl methyl sites for hydroxylation is 2. The number of hydrogen-bond acceptors (Lipinski definition) is 4. The van der Waals surface area contributed by atoms with Gasteiger partial charge in [-0.25, -0.2) is 0 Å². The number of hydrogen-bond donors (Lipinski definition) is 0. The molecule has 150 valence electrons. The van der Waals surface area contributed by atoms with Crippen molar-refractivity contribution in [3.63, 3.8) is 0 Å². The predicted octanol–water partition coefficient (Wildman–Crippen LogP) is 3.96. The van der Waals surface area contributed by atoms with E-state index < -0.39 is 5.97 Å². The van der Waals surface area contributed by atoms with Gasteiger partial charge in [-0.2, -0.15) is 0 Å². The first-order chi connectivity index (χ1) is 14.0. The van der Waals surface area contributed by atoms with E-state index in [9.17, 15) is 9.59 Å². The maximum atomic E-state index is 13.3. The molecule has 0 aliphatic carbocycles. The zero-order chi connectivity index (χ0) is 21.0. The average molecular weight is 409 g/mol. The summed E-state index contributed by atoms with van der Waals surface area (Å²) in [7, 11) is 1.32. The minimum Gasteiger partial charge on any atom is -0.468 e. The average Bonchev–Trinajstić information content (AvgIpc) is 2.98. The van der Waals surface area contributed by atoms with Crippen molar-refractivity contribution in [2.45, 2.75) is 26.7 Å². The molecule has 0 spiro atoms. The Bertz CT molecular complexity index is 949. The van der Waals surface area contributed by atoms with Crippen molar-refractivity contribution in [1.29, 1.82) is 0 Å². The molecule has 6 heteroatoms. The predicted molar refractivity (Wildman–Crippen MR) is 118 cm³/mol. The summed E-state index contributed by atoms with van der Waals surface area (Å²) in [6, 6.07) is 15.7. The summed E-state index contributed by atoms with van der Waals surface area (Å²) in [5.74, 6) is -0.724. The second-order valence-electron chi connectivity index (χ2n) is 6.73. The highest BCUT2D eigenvalue weighted by Crippen LogP contribution is 2.29. The van der Waals surface area contributed by atoms with Gasteiger partial charge in [-0.15, -0.1) is 0 Å². The third kappa shape index (κ3) is 4.38. The van der Waals surface area contributed by atoms with Gasteiger partial charge < -0.3 is 9.64 Å². The molecule has 1 fully saturated rings. The topological polar surface area (TPSA) is 49.9 Å². The van der Waals surface area contributed by atoms with Crippen molar-refractivity contribution in [1.82, 2.24) is 4.90 Å². The molecule has 3 rings (SSSR count). The van der Waals surface area contributed by atoms with Crippen LogP contribution in [0.3, 0.4) is 0 Å². The van der Waals surface area contributed by atoms with Crippen LogP contribution in [0.15, 0.2) is 54.2 Å². The minimum atomic E-state index is -0.462. The number of benzene rings is 2. The van der Waals surface area contributed by atoms with E-state index in [0.717, 1.165) is 18.4 Å². The van der Waals surface area contributed by atoms with E-state index in [0.29, 0.717) is 11.4 Å². The summed E-state index contributed by atoms with van der Waals surface area (Å²) >= 11 is 5.56. The number of amides is 1. The van der Waals surface area contributed by atoms with Crippen molar-refractivity contribution in [3.05, 3.63) is 70.9 Å². The highest BCUT2D eigenvalue weighted by molar-refractivity contribution is 7.80. The molecule has 1 aliphatic rings. The Morgan fingerprint density at radius 1 is 1.00 bits per heavy atom. The SMILES string of the molecule is CCc1ccc(/C=C2/C(=O)N(c3ccc(CC)cc3)C(=S)N2CC(=O)OC)cc1. The number of carbonyl (C=O) groups excluding carboxylic acids is 2. The van der Waals surface area contributed by atoms with Crippen molar-refractivity contribution in [2.75, 3.05) is 18.6 Å². The molecule has 2 aromatic rings. The second kappa shape index (κ2) is 9.01. The molecule has 29 heavy (non-hydrogen) atoms. The second-order valence-corrected chi connectivity index (χ2v) is 7.10. The van der Waals surface area contributed by atoms with Gasteiger partial charge in [0, 0.05) is 0 Å². The van der Waals surface area contributed by atoms with E-state index in [-0.39, 0.29) is 17.6 Å². The first-order valence-corrected chi connectivity index (χ1v) is 10.0. The van der Waals surface area contributed by atoms with Gasteiger partial charge in [-0.3, -0.25) is 14.5 Å². The molecule has 0 aromatic heterocycles. The molecule has 0 N–H and O–H groups in total.